The van der Waals surface area contributed by atoms with E-state index in [9.17, 15) is 17.6 Å². The van der Waals surface area contributed by atoms with Gasteiger partial charge in [-0.15, -0.1) is 0 Å². The first kappa shape index (κ1) is 16.2. The van der Waals surface area contributed by atoms with Crippen molar-refractivity contribution in [3.05, 3.63) is 28.5 Å². The second-order valence-electron chi connectivity index (χ2n) is 5.33. The molecule has 1 aromatic carbocycles. The van der Waals surface area contributed by atoms with Gasteiger partial charge in [-0.2, -0.15) is 0 Å². The number of halogens is 2. The average molecular weight is 335 g/mol. The molecule has 1 aliphatic carbocycles. The lowest BCUT2D eigenvalue weighted by atomic mass is 10.1. The number of hydrogen-bond acceptors (Lipinski definition) is 3. The molecule has 0 aliphatic heterocycles. The predicted molar refractivity (Wildman–Crippen MR) is 77.0 cm³/mol. The fourth-order valence-electron chi connectivity index (χ4n) is 2.10. The molecule has 1 aromatic rings. The zero-order valence-corrected chi connectivity index (χ0v) is 13.0. The maximum atomic E-state index is 13.8. The Labute approximate surface area is 127 Å². The minimum atomic E-state index is -4.12. The molecule has 1 saturated carbocycles. The van der Waals surface area contributed by atoms with Crippen molar-refractivity contribution in [2.75, 3.05) is 6.54 Å². The zero-order valence-electron chi connectivity index (χ0n) is 11.4. The largest absolute Gasteiger partial charge is 0.352 e. The van der Waals surface area contributed by atoms with Crippen molar-refractivity contribution in [3.63, 3.8) is 0 Å². The van der Waals surface area contributed by atoms with Crippen LogP contribution < -0.4 is 10.5 Å². The molecule has 0 spiro atoms. The van der Waals surface area contributed by atoms with E-state index in [1.807, 2.05) is 6.92 Å². The molecule has 0 heterocycles. The highest BCUT2D eigenvalue weighted by atomic mass is 35.5. The summed E-state index contributed by atoms with van der Waals surface area (Å²) in [7, 11) is -4.12. The van der Waals surface area contributed by atoms with Crippen molar-refractivity contribution in [1.82, 2.24) is 5.32 Å². The highest BCUT2D eigenvalue weighted by molar-refractivity contribution is 7.89. The van der Waals surface area contributed by atoms with Crippen LogP contribution in [0.15, 0.2) is 17.0 Å². The SMILES string of the molecule is CC(CNC(=O)c1cc(S(N)(=O)=O)c(Cl)cc1F)C1CC1. The predicted octanol–water partition coefficient (Wildman–Crippen LogP) is 1.90. The van der Waals surface area contributed by atoms with Crippen molar-refractivity contribution < 1.29 is 17.6 Å². The van der Waals surface area contributed by atoms with E-state index in [4.69, 9.17) is 16.7 Å². The first-order valence-electron chi connectivity index (χ1n) is 6.50. The molecule has 1 amide bonds. The van der Waals surface area contributed by atoms with E-state index in [0.29, 0.717) is 18.4 Å². The van der Waals surface area contributed by atoms with Crippen LogP contribution in [0.4, 0.5) is 4.39 Å². The Bertz CT molecular complexity index is 674. The van der Waals surface area contributed by atoms with Gasteiger partial charge in [0.2, 0.25) is 10.0 Å². The average Bonchev–Trinajstić information content (AvgIpc) is 3.18. The topological polar surface area (TPSA) is 89.3 Å². The summed E-state index contributed by atoms with van der Waals surface area (Å²) in [5.41, 5.74) is -0.383. The van der Waals surface area contributed by atoms with Gasteiger partial charge < -0.3 is 5.32 Å². The van der Waals surface area contributed by atoms with Gasteiger partial charge in [0.15, 0.2) is 0 Å². The van der Waals surface area contributed by atoms with Crippen LogP contribution in [-0.4, -0.2) is 20.9 Å². The Morgan fingerprint density at radius 1 is 1.52 bits per heavy atom. The van der Waals surface area contributed by atoms with Crippen molar-refractivity contribution >= 4 is 27.5 Å². The second-order valence-corrected chi connectivity index (χ2v) is 7.27. The molecule has 2 rings (SSSR count). The number of carbonyl (C=O) groups is 1. The smallest absolute Gasteiger partial charge is 0.254 e. The Hall–Kier alpha value is -1.18. The third-order valence-corrected chi connectivity index (χ3v) is 4.96. The van der Waals surface area contributed by atoms with E-state index in [-0.39, 0.29) is 10.6 Å². The van der Waals surface area contributed by atoms with Gasteiger partial charge in [0, 0.05) is 6.54 Å². The van der Waals surface area contributed by atoms with Crippen molar-refractivity contribution in [2.24, 2.45) is 17.0 Å². The summed E-state index contributed by atoms with van der Waals surface area (Å²) in [6, 6.07) is 1.64. The first-order valence-corrected chi connectivity index (χ1v) is 8.42. The molecule has 5 nitrogen and oxygen atoms in total. The fraction of sp³-hybridized carbons (Fsp3) is 0.462. The van der Waals surface area contributed by atoms with Crippen LogP contribution in [-0.2, 0) is 10.0 Å². The summed E-state index contributed by atoms with van der Waals surface area (Å²) in [4.78, 5) is 11.5. The quantitative estimate of drug-likeness (QED) is 0.861. The lowest BCUT2D eigenvalue weighted by Gasteiger charge is -2.12. The second kappa shape index (κ2) is 5.90. The number of nitrogens with one attached hydrogen (secondary N) is 1. The van der Waals surface area contributed by atoms with Crippen LogP contribution in [0.25, 0.3) is 0 Å². The molecule has 1 atom stereocenters. The van der Waals surface area contributed by atoms with Gasteiger partial charge in [-0.05, 0) is 36.8 Å². The molecule has 3 N–H and O–H groups in total. The van der Waals surface area contributed by atoms with Crippen LogP contribution >= 0.6 is 11.6 Å². The van der Waals surface area contributed by atoms with Gasteiger partial charge in [0.05, 0.1) is 10.6 Å². The van der Waals surface area contributed by atoms with Crippen molar-refractivity contribution in [2.45, 2.75) is 24.7 Å². The third kappa shape index (κ3) is 3.93. The number of nitrogens with two attached hydrogens (primary N) is 1. The molecule has 0 aromatic heterocycles. The van der Waals surface area contributed by atoms with Crippen LogP contribution in [0.5, 0.6) is 0 Å². The Kier molecular flexibility index (Phi) is 4.55. The van der Waals surface area contributed by atoms with E-state index in [2.05, 4.69) is 5.32 Å². The third-order valence-electron chi connectivity index (χ3n) is 3.58. The van der Waals surface area contributed by atoms with E-state index in [1.54, 1.807) is 0 Å². The number of sulfonamides is 1. The summed E-state index contributed by atoms with van der Waals surface area (Å²) in [6.45, 7) is 2.42. The summed E-state index contributed by atoms with van der Waals surface area (Å²) in [5, 5.41) is 7.23. The summed E-state index contributed by atoms with van der Waals surface area (Å²) in [5.74, 6) is -0.659. The summed E-state index contributed by atoms with van der Waals surface area (Å²) in [6.07, 6.45) is 2.28. The van der Waals surface area contributed by atoms with Gasteiger partial charge in [0.1, 0.15) is 10.7 Å². The minimum Gasteiger partial charge on any atom is -0.352 e. The number of primary sulfonamides is 1. The molecule has 8 heteroatoms. The number of hydrogen-bond donors (Lipinski definition) is 2. The lowest BCUT2D eigenvalue weighted by Crippen LogP contribution is -2.30. The highest BCUT2D eigenvalue weighted by Crippen LogP contribution is 2.36. The maximum absolute atomic E-state index is 13.8. The number of carbonyl (C=O) groups excluding carboxylic acids is 1. The van der Waals surface area contributed by atoms with E-state index in [1.165, 1.54) is 0 Å². The number of benzene rings is 1. The highest BCUT2D eigenvalue weighted by Gasteiger charge is 2.28. The van der Waals surface area contributed by atoms with E-state index < -0.39 is 26.6 Å². The van der Waals surface area contributed by atoms with Crippen molar-refractivity contribution in [3.8, 4) is 0 Å². The Morgan fingerprint density at radius 2 is 2.14 bits per heavy atom. The standard InChI is InChI=1S/C13H16ClFN2O3S/c1-7(8-2-3-8)6-17-13(18)9-4-12(21(16,19)20)10(14)5-11(9)15/h4-5,7-8H,2-3,6H2,1H3,(H,17,18)(H2,16,19,20). The van der Waals surface area contributed by atoms with Crippen LogP contribution in [0.1, 0.15) is 30.1 Å². The summed E-state index contributed by atoms with van der Waals surface area (Å²) < 4.78 is 36.5. The summed E-state index contributed by atoms with van der Waals surface area (Å²) >= 11 is 5.64. The molecule has 1 unspecified atom stereocenters. The Morgan fingerprint density at radius 3 is 2.67 bits per heavy atom. The maximum Gasteiger partial charge on any atom is 0.254 e. The number of amides is 1. The molecule has 0 bridgehead atoms. The fourth-order valence-corrected chi connectivity index (χ4v) is 3.19. The molecule has 0 radical (unpaired) electrons. The zero-order chi connectivity index (χ0) is 15.8. The normalized spacial score (nSPS) is 16.6. The molecule has 1 fully saturated rings. The van der Waals surface area contributed by atoms with Gasteiger partial charge in [-0.25, -0.2) is 17.9 Å². The monoisotopic (exact) mass is 334 g/mol. The number of rotatable bonds is 5. The van der Waals surface area contributed by atoms with Gasteiger partial charge in [-0.1, -0.05) is 18.5 Å². The van der Waals surface area contributed by atoms with Crippen LogP contribution in [0.2, 0.25) is 5.02 Å². The molecular weight excluding hydrogens is 319 g/mol. The van der Waals surface area contributed by atoms with Gasteiger partial charge >= 0.3 is 0 Å². The molecule has 116 valence electrons. The molecule has 21 heavy (non-hydrogen) atoms. The molecular formula is C13H16ClFN2O3S. The first-order chi connectivity index (χ1) is 9.70. The molecule has 0 saturated heterocycles. The van der Waals surface area contributed by atoms with Crippen LogP contribution in [0, 0.1) is 17.7 Å². The van der Waals surface area contributed by atoms with Gasteiger partial charge in [0.25, 0.3) is 5.91 Å². The molecule has 1 aliphatic rings. The minimum absolute atomic E-state index is 0.307. The van der Waals surface area contributed by atoms with Crippen molar-refractivity contribution in [1.29, 1.82) is 0 Å². The lowest BCUT2D eigenvalue weighted by molar-refractivity contribution is 0.0942. The van der Waals surface area contributed by atoms with E-state index >= 15 is 0 Å². The van der Waals surface area contributed by atoms with Gasteiger partial charge in [-0.3, -0.25) is 4.79 Å². The van der Waals surface area contributed by atoms with Crippen LogP contribution in [0.3, 0.4) is 0 Å². The Balaban J connectivity index is 2.19. The van der Waals surface area contributed by atoms with E-state index in [0.717, 1.165) is 25.0 Å².